The molecule has 2 N–H and O–H groups in total. The zero-order valence-electron chi connectivity index (χ0n) is 11.7. The molecule has 0 heterocycles. The van der Waals surface area contributed by atoms with Crippen molar-refractivity contribution in [2.45, 2.75) is 33.3 Å². The molecule has 0 unspecified atom stereocenters. The molecular formula is C14H20N2O3. The zero-order valence-corrected chi connectivity index (χ0v) is 11.7. The third kappa shape index (κ3) is 6.45. The molecule has 0 aromatic heterocycles. The van der Waals surface area contributed by atoms with Crippen molar-refractivity contribution in [2.75, 3.05) is 17.2 Å². The van der Waals surface area contributed by atoms with Gasteiger partial charge in [0.15, 0.2) is 0 Å². The van der Waals surface area contributed by atoms with E-state index in [2.05, 4.69) is 10.6 Å². The van der Waals surface area contributed by atoms with Crippen LogP contribution in [0.15, 0.2) is 24.3 Å². The van der Waals surface area contributed by atoms with Crippen LogP contribution in [-0.2, 0) is 14.3 Å². The summed E-state index contributed by atoms with van der Waals surface area (Å²) in [4.78, 5) is 22.5. The lowest BCUT2D eigenvalue weighted by molar-refractivity contribution is -0.152. The monoisotopic (exact) mass is 264 g/mol. The van der Waals surface area contributed by atoms with Crippen LogP contribution in [0.25, 0.3) is 0 Å². The fraction of sp³-hybridized carbons (Fsp3) is 0.429. The first-order valence-corrected chi connectivity index (χ1v) is 6.09. The highest BCUT2D eigenvalue weighted by molar-refractivity contribution is 5.89. The first kappa shape index (κ1) is 15.0. The second-order valence-electron chi connectivity index (χ2n) is 5.20. The van der Waals surface area contributed by atoms with E-state index in [1.54, 1.807) is 18.2 Å². The van der Waals surface area contributed by atoms with Crippen molar-refractivity contribution in [1.82, 2.24) is 0 Å². The van der Waals surface area contributed by atoms with Crippen LogP contribution in [0.4, 0.5) is 11.4 Å². The van der Waals surface area contributed by atoms with E-state index < -0.39 is 5.60 Å². The van der Waals surface area contributed by atoms with E-state index in [-0.39, 0.29) is 18.4 Å². The highest BCUT2D eigenvalue weighted by Gasteiger charge is 2.15. The van der Waals surface area contributed by atoms with Gasteiger partial charge < -0.3 is 15.4 Å². The van der Waals surface area contributed by atoms with E-state index in [9.17, 15) is 9.59 Å². The molecule has 1 aromatic rings. The molecule has 0 saturated carbocycles. The molecule has 0 aliphatic rings. The minimum absolute atomic E-state index is 0.0841. The number of hydrogen-bond donors (Lipinski definition) is 2. The summed E-state index contributed by atoms with van der Waals surface area (Å²) < 4.78 is 5.18. The second-order valence-corrected chi connectivity index (χ2v) is 5.20. The maximum Gasteiger partial charge on any atom is 0.325 e. The predicted octanol–water partition coefficient (Wildman–Crippen LogP) is 2.40. The Labute approximate surface area is 113 Å². The average molecular weight is 264 g/mol. The zero-order chi connectivity index (χ0) is 14.5. The second kappa shape index (κ2) is 6.22. The molecule has 1 aromatic carbocycles. The third-order valence-corrected chi connectivity index (χ3v) is 2.04. The molecule has 0 fully saturated rings. The number of amides is 1. The van der Waals surface area contributed by atoms with Gasteiger partial charge in [-0.2, -0.15) is 0 Å². The van der Waals surface area contributed by atoms with Crippen molar-refractivity contribution in [1.29, 1.82) is 0 Å². The van der Waals surface area contributed by atoms with E-state index in [4.69, 9.17) is 4.74 Å². The first-order valence-electron chi connectivity index (χ1n) is 6.09. The number of rotatable bonds is 4. The Morgan fingerprint density at radius 2 is 1.84 bits per heavy atom. The molecule has 1 rings (SSSR count). The van der Waals surface area contributed by atoms with Crippen molar-refractivity contribution < 1.29 is 14.3 Å². The molecule has 0 radical (unpaired) electrons. The lowest BCUT2D eigenvalue weighted by Gasteiger charge is -2.19. The van der Waals surface area contributed by atoms with E-state index in [1.165, 1.54) is 6.92 Å². The molecular weight excluding hydrogens is 244 g/mol. The summed E-state index contributed by atoms with van der Waals surface area (Å²) in [7, 11) is 0. The van der Waals surface area contributed by atoms with Gasteiger partial charge in [0.1, 0.15) is 12.1 Å². The molecule has 0 spiro atoms. The van der Waals surface area contributed by atoms with Gasteiger partial charge in [0.25, 0.3) is 0 Å². The van der Waals surface area contributed by atoms with Crippen molar-refractivity contribution in [3.8, 4) is 0 Å². The van der Waals surface area contributed by atoms with Gasteiger partial charge in [0.05, 0.1) is 0 Å². The quantitative estimate of drug-likeness (QED) is 0.819. The number of carbonyl (C=O) groups is 2. The Morgan fingerprint density at radius 1 is 1.21 bits per heavy atom. The topological polar surface area (TPSA) is 67.4 Å². The van der Waals surface area contributed by atoms with Gasteiger partial charge in [-0.25, -0.2) is 0 Å². The lowest BCUT2D eigenvalue weighted by atomic mass is 10.2. The first-order chi connectivity index (χ1) is 8.76. The number of esters is 1. The highest BCUT2D eigenvalue weighted by atomic mass is 16.6. The van der Waals surface area contributed by atoms with Crippen LogP contribution in [0.3, 0.4) is 0 Å². The van der Waals surface area contributed by atoms with Gasteiger partial charge in [-0.15, -0.1) is 0 Å². The number of carbonyl (C=O) groups excluding carboxylic acids is 2. The smallest absolute Gasteiger partial charge is 0.325 e. The Balaban J connectivity index is 2.53. The molecule has 0 atom stereocenters. The predicted molar refractivity (Wildman–Crippen MR) is 75.1 cm³/mol. The van der Waals surface area contributed by atoms with Crippen LogP contribution in [0, 0.1) is 0 Å². The van der Waals surface area contributed by atoms with Gasteiger partial charge in [-0.05, 0) is 39.0 Å². The van der Waals surface area contributed by atoms with E-state index >= 15 is 0 Å². The summed E-state index contributed by atoms with van der Waals surface area (Å²) in [5.41, 5.74) is 0.940. The van der Waals surface area contributed by atoms with Crippen molar-refractivity contribution in [3.63, 3.8) is 0 Å². The largest absolute Gasteiger partial charge is 0.459 e. The minimum Gasteiger partial charge on any atom is -0.459 e. The van der Waals surface area contributed by atoms with Crippen molar-refractivity contribution >= 4 is 23.3 Å². The van der Waals surface area contributed by atoms with Crippen LogP contribution in [0.2, 0.25) is 0 Å². The maximum atomic E-state index is 11.5. The fourth-order valence-corrected chi connectivity index (χ4v) is 1.46. The van der Waals surface area contributed by atoms with E-state index in [0.29, 0.717) is 5.69 Å². The van der Waals surface area contributed by atoms with Crippen LogP contribution in [-0.4, -0.2) is 24.0 Å². The molecule has 104 valence electrons. The van der Waals surface area contributed by atoms with Crippen LogP contribution in [0.5, 0.6) is 0 Å². The summed E-state index contributed by atoms with van der Waals surface area (Å²) >= 11 is 0. The highest BCUT2D eigenvalue weighted by Crippen LogP contribution is 2.15. The number of benzene rings is 1. The van der Waals surface area contributed by atoms with Gasteiger partial charge in [0.2, 0.25) is 5.91 Å². The van der Waals surface area contributed by atoms with Crippen molar-refractivity contribution in [3.05, 3.63) is 24.3 Å². The molecule has 19 heavy (non-hydrogen) atoms. The summed E-state index contributed by atoms with van der Waals surface area (Å²) in [6, 6.07) is 7.14. The Bertz CT molecular complexity index is 464. The molecule has 0 saturated heterocycles. The molecule has 1 amide bonds. The van der Waals surface area contributed by atoms with Gasteiger partial charge in [0, 0.05) is 18.3 Å². The number of hydrogen-bond acceptors (Lipinski definition) is 4. The normalized spacial score (nSPS) is 10.7. The molecule has 0 aliphatic heterocycles. The summed E-state index contributed by atoms with van der Waals surface area (Å²) in [6.07, 6.45) is 0. The Hall–Kier alpha value is -2.04. The summed E-state index contributed by atoms with van der Waals surface area (Å²) in [5.74, 6) is -0.457. The van der Waals surface area contributed by atoms with Crippen molar-refractivity contribution in [2.24, 2.45) is 0 Å². The number of anilines is 2. The fourth-order valence-electron chi connectivity index (χ4n) is 1.46. The van der Waals surface area contributed by atoms with Crippen LogP contribution in [0.1, 0.15) is 27.7 Å². The SMILES string of the molecule is CC(=O)Nc1cccc(NCC(=O)OC(C)(C)C)c1. The van der Waals surface area contributed by atoms with Gasteiger partial charge in [-0.1, -0.05) is 6.07 Å². The van der Waals surface area contributed by atoms with E-state index in [0.717, 1.165) is 5.69 Å². The summed E-state index contributed by atoms with van der Waals surface area (Å²) in [5, 5.41) is 5.63. The van der Waals surface area contributed by atoms with Crippen LogP contribution >= 0.6 is 0 Å². The Kier molecular flexibility index (Phi) is 4.92. The lowest BCUT2D eigenvalue weighted by Crippen LogP contribution is -2.28. The standard InChI is InChI=1S/C14H20N2O3/c1-10(17)16-12-7-5-6-11(8-12)15-9-13(18)19-14(2,3)4/h5-8,15H,9H2,1-4H3,(H,16,17). The third-order valence-electron chi connectivity index (χ3n) is 2.04. The van der Waals surface area contributed by atoms with Crippen LogP contribution < -0.4 is 10.6 Å². The minimum atomic E-state index is -0.489. The summed E-state index contributed by atoms with van der Waals surface area (Å²) in [6.45, 7) is 6.99. The molecule has 0 aliphatic carbocycles. The van der Waals surface area contributed by atoms with E-state index in [1.807, 2.05) is 26.8 Å². The van der Waals surface area contributed by atoms with Gasteiger partial charge in [-0.3, -0.25) is 9.59 Å². The molecule has 0 bridgehead atoms. The molecule has 5 nitrogen and oxygen atoms in total. The number of ether oxygens (including phenoxy) is 1. The number of nitrogens with one attached hydrogen (secondary N) is 2. The molecule has 5 heteroatoms. The average Bonchev–Trinajstić information content (AvgIpc) is 2.23. The van der Waals surface area contributed by atoms with Gasteiger partial charge >= 0.3 is 5.97 Å². The Morgan fingerprint density at radius 3 is 2.42 bits per heavy atom. The maximum absolute atomic E-state index is 11.5.